The zero-order valence-corrected chi connectivity index (χ0v) is 20.8. The van der Waals surface area contributed by atoms with Crippen LogP contribution in [0, 0.1) is 12.8 Å². The smallest absolute Gasteiger partial charge is 0.257 e. The van der Waals surface area contributed by atoms with E-state index in [2.05, 4.69) is 41.7 Å². The van der Waals surface area contributed by atoms with Gasteiger partial charge in [-0.05, 0) is 54.5 Å². The summed E-state index contributed by atoms with van der Waals surface area (Å²) in [7, 11) is 0. The van der Waals surface area contributed by atoms with Crippen molar-refractivity contribution in [1.82, 2.24) is 5.32 Å². The summed E-state index contributed by atoms with van der Waals surface area (Å²) in [6.45, 7) is 4.72. The van der Waals surface area contributed by atoms with Crippen molar-refractivity contribution in [2.24, 2.45) is 11.1 Å². The van der Waals surface area contributed by atoms with E-state index < -0.39 is 0 Å². The van der Waals surface area contributed by atoms with Gasteiger partial charge < -0.3 is 19.6 Å². The molecule has 0 radical (unpaired) electrons. The Morgan fingerprint density at radius 3 is 2.36 bits per heavy atom. The minimum Gasteiger partial charge on any atom is -0.484 e. The Morgan fingerprint density at radius 1 is 0.944 bits per heavy atom. The Morgan fingerprint density at radius 2 is 1.64 bits per heavy atom. The second kappa shape index (κ2) is 13.4. The van der Waals surface area contributed by atoms with Crippen LogP contribution in [0.5, 0.6) is 5.75 Å². The van der Waals surface area contributed by atoms with Gasteiger partial charge in [-0.25, -0.2) is 0 Å². The standard InChI is InChI=1S/C30H34N2O4/c1-23-7-9-26(10-8-23)21-36-32-29(27-5-3-2-4-6-27)19-24-11-13-28(14-12-24)35-22-30(33)31-20-25-15-17-34-18-16-25/h2-14,25H,15-22H2,1H3,(H,31,33). The third kappa shape index (κ3) is 8.24. The molecule has 6 nitrogen and oxygen atoms in total. The molecule has 4 rings (SSSR count). The third-order valence-corrected chi connectivity index (χ3v) is 6.23. The number of carbonyl (C=O) groups is 1. The Labute approximate surface area is 213 Å². The molecular weight excluding hydrogens is 452 g/mol. The van der Waals surface area contributed by atoms with Gasteiger partial charge in [0, 0.05) is 26.2 Å². The van der Waals surface area contributed by atoms with Crippen molar-refractivity contribution in [3.05, 3.63) is 101 Å². The molecule has 1 N–H and O–H groups in total. The molecule has 0 aliphatic carbocycles. The highest BCUT2D eigenvalue weighted by molar-refractivity contribution is 6.01. The number of hydrogen-bond donors (Lipinski definition) is 1. The Kier molecular flexibility index (Phi) is 9.51. The van der Waals surface area contributed by atoms with Crippen molar-refractivity contribution in [3.8, 4) is 5.75 Å². The Balaban J connectivity index is 1.30. The Hall–Kier alpha value is -3.64. The fourth-order valence-corrected chi connectivity index (χ4v) is 3.99. The molecule has 1 heterocycles. The predicted octanol–water partition coefficient (Wildman–Crippen LogP) is 5.08. The van der Waals surface area contributed by atoms with Crippen molar-refractivity contribution in [3.63, 3.8) is 0 Å². The molecular formula is C30H34N2O4. The van der Waals surface area contributed by atoms with Crippen LogP contribution in [-0.2, 0) is 27.4 Å². The molecule has 3 aromatic rings. The largest absolute Gasteiger partial charge is 0.484 e. The molecule has 0 bridgehead atoms. The molecule has 6 heteroatoms. The zero-order valence-electron chi connectivity index (χ0n) is 20.8. The quantitative estimate of drug-likeness (QED) is 0.303. The summed E-state index contributed by atoms with van der Waals surface area (Å²) in [5, 5.41) is 7.44. The van der Waals surface area contributed by atoms with Gasteiger partial charge >= 0.3 is 0 Å². The lowest BCUT2D eigenvalue weighted by atomic mass is 10.0. The minimum atomic E-state index is -0.102. The molecule has 36 heavy (non-hydrogen) atoms. The van der Waals surface area contributed by atoms with Crippen LogP contribution < -0.4 is 10.1 Å². The van der Waals surface area contributed by atoms with E-state index >= 15 is 0 Å². The van der Waals surface area contributed by atoms with Crippen molar-refractivity contribution < 1.29 is 19.1 Å². The van der Waals surface area contributed by atoms with Crippen LogP contribution in [0.1, 0.15) is 35.1 Å². The molecule has 1 fully saturated rings. The average molecular weight is 487 g/mol. The lowest BCUT2D eigenvalue weighted by Crippen LogP contribution is -2.35. The molecule has 0 aromatic heterocycles. The van der Waals surface area contributed by atoms with Gasteiger partial charge in [-0.2, -0.15) is 0 Å². The van der Waals surface area contributed by atoms with E-state index in [-0.39, 0.29) is 12.5 Å². The maximum Gasteiger partial charge on any atom is 0.257 e. The number of oxime groups is 1. The fourth-order valence-electron chi connectivity index (χ4n) is 3.99. The lowest BCUT2D eigenvalue weighted by molar-refractivity contribution is -0.123. The molecule has 1 amide bonds. The molecule has 0 atom stereocenters. The highest BCUT2D eigenvalue weighted by Gasteiger charge is 2.15. The molecule has 3 aromatic carbocycles. The van der Waals surface area contributed by atoms with Crippen molar-refractivity contribution in [2.45, 2.75) is 32.8 Å². The van der Waals surface area contributed by atoms with E-state index in [0.29, 0.717) is 31.2 Å². The molecule has 0 unspecified atom stereocenters. The van der Waals surface area contributed by atoms with Gasteiger partial charge in [0.25, 0.3) is 5.91 Å². The normalized spacial score (nSPS) is 14.3. The Bertz CT molecular complexity index is 1110. The second-order valence-electron chi connectivity index (χ2n) is 9.13. The van der Waals surface area contributed by atoms with Gasteiger partial charge in [0.2, 0.25) is 0 Å². The second-order valence-corrected chi connectivity index (χ2v) is 9.13. The number of benzene rings is 3. The van der Waals surface area contributed by atoms with Gasteiger partial charge in [-0.1, -0.05) is 77.4 Å². The van der Waals surface area contributed by atoms with Crippen LogP contribution in [0.25, 0.3) is 0 Å². The predicted molar refractivity (Wildman–Crippen MR) is 141 cm³/mol. The van der Waals surface area contributed by atoms with Gasteiger partial charge in [0.1, 0.15) is 12.4 Å². The number of ether oxygens (including phenoxy) is 2. The van der Waals surface area contributed by atoms with Crippen LogP contribution in [0.2, 0.25) is 0 Å². The highest BCUT2D eigenvalue weighted by atomic mass is 16.6. The number of aryl methyl sites for hydroxylation is 1. The van der Waals surface area contributed by atoms with Crippen LogP contribution >= 0.6 is 0 Å². The van der Waals surface area contributed by atoms with E-state index in [1.54, 1.807) is 0 Å². The summed E-state index contributed by atoms with van der Waals surface area (Å²) in [6.07, 6.45) is 2.60. The van der Waals surface area contributed by atoms with Gasteiger partial charge in [-0.15, -0.1) is 0 Å². The maximum absolute atomic E-state index is 12.2. The van der Waals surface area contributed by atoms with Gasteiger partial charge in [-0.3, -0.25) is 4.79 Å². The molecule has 1 saturated heterocycles. The first-order valence-corrected chi connectivity index (χ1v) is 12.5. The van der Waals surface area contributed by atoms with Crippen LogP contribution in [0.15, 0.2) is 84.0 Å². The number of hydrogen-bond acceptors (Lipinski definition) is 5. The van der Waals surface area contributed by atoms with E-state index in [4.69, 9.17) is 14.3 Å². The van der Waals surface area contributed by atoms with E-state index in [0.717, 1.165) is 48.5 Å². The van der Waals surface area contributed by atoms with Gasteiger partial charge in [0.05, 0.1) is 5.71 Å². The minimum absolute atomic E-state index is 0.00609. The third-order valence-electron chi connectivity index (χ3n) is 6.23. The van der Waals surface area contributed by atoms with Crippen LogP contribution in [-0.4, -0.2) is 38.0 Å². The van der Waals surface area contributed by atoms with E-state index in [1.807, 2.05) is 54.6 Å². The molecule has 0 spiro atoms. The summed E-state index contributed by atoms with van der Waals surface area (Å²) >= 11 is 0. The summed E-state index contributed by atoms with van der Waals surface area (Å²) in [5.41, 5.74) is 5.24. The van der Waals surface area contributed by atoms with Crippen molar-refractivity contribution >= 4 is 11.6 Å². The number of rotatable bonds is 11. The molecule has 1 aliphatic heterocycles. The number of amides is 1. The molecule has 188 valence electrons. The summed E-state index contributed by atoms with van der Waals surface area (Å²) in [4.78, 5) is 17.9. The fraction of sp³-hybridized carbons (Fsp3) is 0.333. The molecule has 0 saturated carbocycles. The lowest BCUT2D eigenvalue weighted by Gasteiger charge is -2.22. The highest BCUT2D eigenvalue weighted by Crippen LogP contribution is 2.16. The molecule has 1 aliphatic rings. The summed E-state index contributed by atoms with van der Waals surface area (Å²) in [6, 6.07) is 26.0. The average Bonchev–Trinajstić information content (AvgIpc) is 2.93. The first kappa shape index (κ1) is 25.5. The topological polar surface area (TPSA) is 69.2 Å². The van der Waals surface area contributed by atoms with E-state index in [1.165, 1.54) is 5.56 Å². The zero-order chi connectivity index (χ0) is 25.0. The van der Waals surface area contributed by atoms with E-state index in [9.17, 15) is 4.79 Å². The number of carbonyl (C=O) groups excluding carboxylic acids is 1. The van der Waals surface area contributed by atoms with Gasteiger partial charge in [0.15, 0.2) is 6.61 Å². The van der Waals surface area contributed by atoms with Crippen molar-refractivity contribution in [1.29, 1.82) is 0 Å². The van der Waals surface area contributed by atoms with Crippen LogP contribution in [0.3, 0.4) is 0 Å². The summed E-state index contributed by atoms with van der Waals surface area (Å²) < 4.78 is 11.0. The first-order chi connectivity index (χ1) is 17.7. The first-order valence-electron chi connectivity index (χ1n) is 12.5. The summed E-state index contributed by atoms with van der Waals surface area (Å²) in [5.74, 6) is 1.05. The van der Waals surface area contributed by atoms with Crippen LogP contribution in [0.4, 0.5) is 0 Å². The monoisotopic (exact) mass is 486 g/mol. The number of nitrogens with one attached hydrogen (secondary N) is 1. The maximum atomic E-state index is 12.2. The number of nitrogens with zero attached hydrogens (tertiary/aromatic N) is 1. The SMILES string of the molecule is Cc1ccc(CON=C(Cc2ccc(OCC(=O)NCC3CCOCC3)cc2)c2ccccc2)cc1. The van der Waals surface area contributed by atoms with Crippen molar-refractivity contribution in [2.75, 3.05) is 26.4 Å².